The van der Waals surface area contributed by atoms with Gasteiger partial charge in [-0.15, -0.1) is 0 Å². The number of hydrogen-bond acceptors (Lipinski definition) is 7. The molecule has 0 amide bonds. The molecule has 0 aromatic heterocycles. The number of halogens is 3. The molecule has 7 N–H and O–H groups in total. The number of benzene rings is 3. The Hall–Kier alpha value is -2.10. The monoisotopic (exact) mass is 828 g/mol. The molecule has 0 spiro atoms. The summed E-state index contributed by atoms with van der Waals surface area (Å²) in [4.78, 5) is 32.3. The average molecular weight is 828 g/mol. The van der Waals surface area contributed by atoms with E-state index in [0.29, 0.717) is 14.7 Å². The molecule has 14 heteroatoms. The molecule has 2 aliphatic rings. The molecule has 5 rings (SSSR count). The molecule has 1 atom stereocenters. The van der Waals surface area contributed by atoms with E-state index in [-0.39, 0.29) is 26.1 Å². The fourth-order valence-corrected chi connectivity index (χ4v) is 8.26. The van der Waals surface area contributed by atoms with E-state index >= 15 is 0 Å². The molecule has 3 aromatic rings. The molecule has 0 radical (unpaired) electrons. The van der Waals surface area contributed by atoms with Gasteiger partial charge in [-0.3, -0.25) is 0 Å². The van der Waals surface area contributed by atoms with Crippen molar-refractivity contribution in [2.45, 2.75) is 0 Å². The van der Waals surface area contributed by atoms with Crippen LogP contribution in [0.4, 0.5) is 0 Å². The Morgan fingerprint density at radius 2 is 1.40 bits per heavy atom. The Bertz CT molecular complexity index is 1280. The molecule has 0 bridgehead atoms. The number of carbonyl (C=O) groups excluding carboxylic acids is 2. The average Bonchev–Trinajstić information content (AvgIpc) is 3.21. The van der Waals surface area contributed by atoms with Gasteiger partial charge in [0.15, 0.2) is 0 Å². The fraction of sp³-hybridized carbons (Fsp3) is 0. The standard InChI is InChI=1S/C7H5IO4.C7H5IO3.C7H5IO2.2H2O/c9-7-5-3-1-2-4-6(5)8(10,11)12-7;9-7-5-3-1-2-4-6(5)8(10)11-7;8-6-4-2-1-3-5(6)7(9)10;;/h1-4H,(H,10,11);1-4,10H;1-4H,(H,9,10);2*1H2. The van der Waals surface area contributed by atoms with Gasteiger partial charge in [-0.25, -0.2) is 4.79 Å². The summed E-state index contributed by atoms with van der Waals surface area (Å²) in [6.07, 6.45) is 0. The SMILES string of the molecule is O.O.O=C(O)c1ccccc1I.O=C1OI(=O)(O)c2ccccc21.O=C1OI(O)c2ccccc21. The van der Waals surface area contributed by atoms with Crippen molar-refractivity contribution < 1.29 is 46.5 Å². The van der Waals surface area contributed by atoms with Crippen LogP contribution >= 0.6 is 62.5 Å². The van der Waals surface area contributed by atoms with Crippen LogP contribution in [0.1, 0.15) is 31.1 Å². The van der Waals surface area contributed by atoms with Crippen molar-refractivity contribution >= 4 is 80.4 Å². The first-order chi connectivity index (χ1) is 15.6. The third kappa shape index (κ3) is 7.44. The predicted octanol–water partition coefficient (Wildman–Crippen LogP) is 2.93. The topological polar surface area (TPSA) is 210 Å². The first-order valence-corrected chi connectivity index (χ1v) is 16.7. The second kappa shape index (κ2) is 13.3. The van der Waals surface area contributed by atoms with Gasteiger partial charge in [0.2, 0.25) is 0 Å². The van der Waals surface area contributed by atoms with E-state index in [9.17, 15) is 24.3 Å². The molecule has 35 heavy (non-hydrogen) atoms. The molecular weight excluding hydrogens is 809 g/mol. The van der Waals surface area contributed by atoms with Gasteiger partial charge in [0.05, 0.1) is 5.56 Å². The molecule has 190 valence electrons. The van der Waals surface area contributed by atoms with E-state index in [0.717, 1.165) is 3.57 Å². The van der Waals surface area contributed by atoms with E-state index in [1.807, 2.05) is 28.7 Å². The van der Waals surface area contributed by atoms with Crippen molar-refractivity contribution in [2.75, 3.05) is 0 Å². The number of aromatic carboxylic acids is 1. The van der Waals surface area contributed by atoms with Gasteiger partial charge < -0.3 is 16.1 Å². The van der Waals surface area contributed by atoms with Gasteiger partial charge in [0.25, 0.3) is 0 Å². The predicted molar refractivity (Wildman–Crippen MR) is 148 cm³/mol. The Balaban J connectivity index is 0.000000256. The van der Waals surface area contributed by atoms with Gasteiger partial charge in [-0.1, -0.05) is 12.1 Å². The second-order valence-electron chi connectivity index (χ2n) is 6.14. The van der Waals surface area contributed by atoms with E-state index < -0.39 is 51.8 Å². The Morgan fingerprint density at radius 1 is 0.857 bits per heavy atom. The van der Waals surface area contributed by atoms with Crippen LogP contribution in [0.25, 0.3) is 0 Å². The molecule has 0 fully saturated rings. The van der Waals surface area contributed by atoms with E-state index in [4.69, 9.17) is 8.17 Å². The first kappa shape index (κ1) is 30.9. The summed E-state index contributed by atoms with van der Waals surface area (Å²) in [5, 5.41) is 8.56. The number of hydrogen-bond donors (Lipinski definition) is 3. The van der Waals surface area contributed by atoms with Crippen LogP contribution in [0.3, 0.4) is 0 Å². The summed E-state index contributed by atoms with van der Waals surface area (Å²) in [6.45, 7) is 0. The fourth-order valence-electron chi connectivity index (χ4n) is 2.56. The summed E-state index contributed by atoms with van der Waals surface area (Å²) >= 11 is -5.07. The molecule has 11 nitrogen and oxygen atoms in total. The Labute approximate surface area is 225 Å². The summed E-state index contributed by atoms with van der Waals surface area (Å²) < 4.78 is 40.4. The van der Waals surface area contributed by atoms with Crippen molar-refractivity contribution in [1.29, 1.82) is 0 Å². The van der Waals surface area contributed by atoms with Crippen LogP contribution in [-0.2, 0) is 9.20 Å². The van der Waals surface area contributed by atoms with Crippen LogP contribution in [0.2, 0.25) is 0 Å². The maximum absolute atomic E-state index is 11.2. The van der Waals surface area contributed by atoms with Crippen molar-refractivity contribution in [2.24, 2.45) is 0 Å². The summed E-state index contributed by atoms with van der Waals surface area (Å²) in [5.41, 5.74) is 1.11. The minimum absolute atomic E-state index is 0. The second-order valence-corrected chi connectivity index (χ2v) is 14.3. The number of fused-ring (bicyclic) bond motifs is 2. The molecular formula is C21H19I3O11. The van der Waals surface area contributed by atoms with Gasteiger partial charge in [-0.2, -0.15) is 0 Å². The third-order valence-corrected chi connectivity index (χ3v) is 11.1. The normalized spacial score (nSPS) is 19.2. The summed E-state index contributed by atoms with van der Waals surface area (Å²) in [7, 11) is 0. The quantitative estimate of drug-likeness (QED) is 0.308. The molecule has 2 aliphatic heterocycles. The summed E-state index contributed by atoms with van der Waals surface area (Å²) in [5.74, 6) is -1.95. The van der Waals surface area contributed by atoms with Gasteiger partial charge in [-0.05, 0) is 34.7 Å². The van der Waals surface area contributed by atoms with Crippen molar-refractivity contribution in [3.05, 3.63) is 100 Å². The molecule has 0 aliphatic carbocycles. The van der Waals surface area contributed by atoms with Crippen LogP contribution in [-0.4, -0.2) is 40.8 Å². The van der Waals surface area contributed by atoms with Crippen LogP contribution in [0, 0.1) is 10.7 Å². The third-order valence-electron chi connectivity index (χ3n) is 4.04. The number of carboxylic acids is 1. The minimum atomic E-state index is -4.54. The van der Waals surface area contributed by atoms with Gasteiger partial charge in [0.1, 0.15) is 0 Å². The zero-order valence-electron chi connectivity index (χ0n) is 17.4. The Kier molecular flexibility index (Phi) is 11.7. The maximum atomic E-state index is 11.2. The van der Waals surface area contributed by atoms with Gasteiger partial charge >= 0.3 is 150 Å². The first-order valence-electron chi connectivity index (χ1n) is 8.84. The van der Waals surface area contributed by atoms with Crippen molar-refractivity contribution in [1.82, 2.24) is 0 Å². The number of carboxylic acid groups (broad SMARTS) is 1. The molecule has 1 unspecified atom stereocenters. The molecule has 0 saturated carbocycles. The zero-order valence-corrected chi connectivity index (χ0v) is 23.8. The van der Waals surface area contributed by atoms with Crippen LogP contribution in [0.5, 0.6) is 0 Å². The van der Waals surface area contributed by atoms with E-state index in [1.165, 1.54) is 12.1 Å². The van der Waals surface area contributed by atoms with E-state index in [1.54, 1.807) is 54.6 Å². The molecule has 3 aromatic carbocycles. The number of carbonyl (C=O) groups is 3. The van der Waals surface area contributed by atoms with Crippen molar-refractivity contribution in [3.63, 3.8) is 0 Å². The summed E-state index contributed by atoms with van der Waals surface area (Å²) in [6, 6.07) is 20.0. The zero-order chi connectivity index (χ0) is 24.2. The van der Waals surface area contributed by atoms with Crippen LogP contribution < -0.4 is 0 Å². The molecule has 2 heterocycles. The molecule has 0 saturated heterocycles. The van der Waals surface area contributed by atoms with Gasteiger partial charge in [0, 0.05) is 3.57 Å². The Morgan fingerprint density at radius 3 is 1.94 bits per heavy atom. The van der Waals surface area contributed by atoms with E-state index in [2.05, 4.69) is 3.07 Å². The van der Waals surface area contributed by atoms with Crippen LogP contribution in [0.15, 0.2) is 72.8 Å². The van der Waals surface area contributed by atoms with Crippen molar-refractivity contribution in [3.8, 4) is 0 Å². The number of rotatable bonds is 1.